The smallest absolute Gasteiger partial charge is 0.251 e. The van der Waals surface area contributed by atoms with Crippen molar-refractivity contribution < 1.29 is 9.18 Å². The molecule has 0 aliphatic carbocycles. The zero-order valence-electron chi connectivity index (χ0n) is 17.3. The zero-order valence-corrected chi connectivity index (χ0v) is 18.0. The normalized spacial score (nSPS) is 15.0. The van der Waals surface area contributed by atoms with Crippen LogP contribution in [0.4, 0.5) is 16.0 Å². The molecule has 1 amide bonds. The Morgan fingerprint density at radius 3 is 2.58 bits per heavy atom. The van der Waals surface area contributed by atoms with Gasteiger partial charge in [-0.1, -0.05) is 65.2 Å². The number of nitrogens with one attached hydrogen (secondary N) is 1. The van der Waals surface area contributed by atoms with Crippen molar-refractivity contribution in [1.82, 2.24) is 20.2 Å². The van der Waals surface area contributed by atoms with Gasteiger partial charge in [-0.15, -0.1) is 0 Å². The lowest BCUT2D eigenvalue weighted by Gasteiger charge is -2.32. The number of rotatable bonds is 5. The molecule has 0 bridgehead atoms. The van der Waals surface area contributed by atoms with E-state index in [2.05, 4.69) is 20.8 Å². The van der Waals surface area contributed by atoms with Gasteiger partial charge in [0.1, 0.15) is 18.4 Å². The van der Waals surface area contributed by atoms with Crippen molar-refractivity contribution in [1.29, 1.82) is 0 Å². The zero-order chi connectivity index (χ0) is 22.8. The Balaban J connectivity index is 1.53. The lowest BCUT2D eigenvalue weighted by molar-refractivity contribution is -0.114. The van der Waals surface area contributed by atoms with Crippen molar-refractivity contribution in [3.63, 3.8) is 0 Å². The second-order valence-corrected chi connectivity index (χ2v) is 7.92. The molecule has 33 heavy (non-hydrogen) atoms. The van der Waals surface area contributed by atoms with E-state index in [1.54, 1.807) is 21.7 Å². The maximum absolute atomic E-state index is 13.5. The number of hydrogen-bond acceptors (Lipinski definition) is 5. The van der Waals surface area contributed by atoms with Crippen LogP contribution in [0.1, 0.15) is 17.2 Å². The van der Waals surface area contributed by atoms with E-state index < -0.39 is 5.82 Å². The Labute approximate surface area is 194 Å². The minimum Gasteiger partial charge on any atom is -0.324 e. The van der Waals surface area contributed by atoms with Crippen molar-refractivity contribution >= 4 is 34.8 Å². The first-order chi connectivity index (χ1) is 16.1. The molecule has 2 heterocycles. The van der Waals surface area contributed by atoms with Crippen molar-refractivity contribution in [2.45, 2.75) is 6.04 Å². The fourth-order valence-corrected chi connectivity index (χ4v) is 3.92. The highest BCUT2D eigenvalue weighted by molar-refractivity contribution is 6.30. The van der Waals surface area contributed by atoms with E-state index in [-0.39, 0.29) is 18.5 Å². The molecule has 0 saturated heterocycles. The molecule has 1 N–H and O–H groups in total. The summed E-state index contributed by atoms with van der Waals surface area (Å²) in [5.74, 6) is -0.335. The van der Waals surface area contributed by atoms with Crippen LogP contribution in [0, 0.1) is 5.82 Å². The molecule has 0 radical (unpaired) electrons. The molecule has 0 fully saturated rings. The average Bonchev–Trinajstić information content (AvgIpc) is 3.31. The van der Waals surface area contributed by atoms with Crippen LogP contribution in [0.2, 0.25) is 5.02 Å². The number of halogens is 2. The molecule has 1 aromatic heterocycles. The highest BCUT2D eigenvalue weighted by atomic mass is 35.5. The molecular weight excluding hydrogens is 443 g/mol. The predicted octanol–water partition coefficient (Wildman–Crippen LogP) is 4.55. The van der Waals surface area contributed by atoms with Gasteiger partial charge in [-0.2, -0.15) is 4.68 Å². The number of nitrogens with zero attached hydrogens (tertiary/aromatic N) is 5. The monoisotopic (exact) mass is 460 g/mol. The van der Waals surface area contributed by atoms with Crippen molar-refractivity contribution in [2.24, 2.45) is 0 Å². The van der Waals surface area contributed by atoms with E-state index in [4.69, 9.17) is 11.6 Å². The van der Waals surface area contributed by atoms with Gasteiger partial charge < -0.3 is 5.32 Å². The van der Waals surface area contributed by atoms with Crippen LogP contribution in [0.5, 0.6) is 0 Å². The molecule has 1 atom stereocenters. The largest absolute Gasteiger partial charge is 0.324 e. The molecule has 0 saturated carbocycles. The molecule has 1 unspecified atom stereocenters. The summed E-state index contributed by atoms with van der Waals surface area (Å²) >= 11 is 6.07. The summed E-state index contributed by atoms with van der Waals surface area (Å²) in [7, 11) is 0. The quantitative estimate of drug-likeness (QED) is 0.472. The number of carbonyl (C=O) groups excluding carboxylic acids is 1. The van der Waals surface area contributed by atoms with Gasteiger partial charge in [0.2, 0.25) is 5.91 Å². The maximum atomic E-state index is 13.5. The first kappa shape index (κ1) is 20.8. The van der Waals surface area contributed by atoms with Crippen LogP contribution in [0.15, 0.2) is 84.9 Å². The highest BCUT2D eigenvalue weighted by Crippen LogP contribution is 2.36. The fraction of sp³-hybridized carbons (Fsp3) is 0.0833. The average molecular weight is 461 g/mol. The fourth-order valence-electron chi connectivity index (χ4n) is 3.79. The van der Waals surface area contributed by atoms with Crippen LogP contribution in [-0.2, 0) is 4.79 Å². The van der Waals surface area contributed by atoms with Crippen LogP contribution < -0.4 is 10.2 Å². The molecule has 0 spiro atoms. The summed E-state index contributed by atoms with van der Waals surface area (Å²) in [5, 5.41) is 15.6. The van der Waals surface area contributed by atoms with E-state index in [9.17, 15) is 9.18 Å². The third-order valence-electron chi connectivity index (χ3n) is 5.28. The number of hydrogen-bond donors (Lipinski definition) is 1. The maximum Gasteiger partial charge on any atom is 0.251 e. The summed E-state index contributed by atoms with van der Waals surface area (Å²) in [6.45, 7) is -0.0645. The van der Waals surface area contributed by atoms with Gasteiger partial charge in [-0.05, 0) is 58.0 Å². The molecular formula is C24H18ClFN6O. The second kappa shape index (κ2) is 8.84. The first-order valence-corrected chi connectivity index (χ1v) is 10.6. The van der Waals surface area contributed by atoms with E-state index in [1.807, 2.05) is 60.7 Å². The molecule has 1 aliphatic heterocycles. The van der Waals surface area contributed by atoms with E-state index >= 15 is 0 Å². The van der Waals surface area contributed by atoms with Crippen LogP contribution in [0.3, 0.4) is 0 Å². The minimum absolute atomic E-state index is 0.0645. The number of carbonyl (C=O) groups is 1. The third kappa shape index (κ3) is 4.33. The lowest BCUT2D eigenvalue weighted by Crippen LogP contribution is -2.37. The van der Waals surface area contributed by atoms with Gasteiger partial charge in [0.15, 0.2) is 0 Å². The van der Waals surface area contributed by atoms with Gasteiger partial charge in [-0.3, -0.25) is 9.69 Å². The number of allylic oxidation sites excluding steroid dienone is 1. The van der Waals surface area contributed by atoms with Crippen LogP contribution in [-0.4, -0.2) is 32.7 Å². The van der Waals surface area contributed by atoms with Crippen molar-refractivity contribution in [3.8, 4) is 0 Å². The predicted molar refractivity (Wildman–Crippen MR) is 124 cm³/mol. The Hall–Kier alpha value is -4.04. The Morgan fingerprint density at radius 1 is 1.03 bits per heavy atom. The van der Waals surface area contributed by atoms with Crippen LogP contribution in [0.25, 0.3) is 5.70 Å². The summed E-state index contributed by atoms with van der Waals surface area (Å²) in [5.41, 5.74) is 3.02. The first-order valence-electron chi connectivity index (χ1n) is 10.2. The van der Waals surface area contributed by atoms with Gasteiger partial charge >= 0.3 is 0 Å². The number of benzene rings is 3. The summed E-state index contributed by atoms with van der Waals surface area (Å²) in [4.78, 5) is 14.6. The minimum atomic E-state index is -0.426. The molecule has 1 aliphatic rings. The standard InChI is InChI=1S/C24H18ClFN6O/c25-18-11-9-17(10-12-18)22-14-21(16-5-2-1-3-6-16)31(24-28-29-30-32(22)24)15-23(33)27-20-8-4-7-19(26)13-20/h1-14,22H,15H2,(H,27,33). The van der Waals surface area contributed by atoms with E-state index in [0.29, 0.717) is 16.7 Å². The molecule has 4 aromatic rings. The summed E-state index contributed by atoms with van der Waals surface area (Å²) in [6, 6.07) is 22.6. The van der Waals surface area contributed by atoms with E-state index in [1.165, 1.54) is 12.1 Å². The summed E-state index contributed by atoms with van der Waals surface area (Å²) < 4.78 is 15.2. The van der Waals surface area contributed by atoms with Crippen molar-refractivity contribution in [2.75, 3.05) is 16.8 Å². The lowest BCUT2D eigenvalue weighted by atomic mass is 10.0. The molecule has 9 heteroatoms. The van der Waals surface area contributed by atoms with Gasteiger partial charge in [0.25, 0.3) is 5.95 Å². The molecule has 5 rings (SSSR count). The van der Waals surface area contributed by atoms with Gasteiger partial charge in [0, 0.05) is 10.7 Å². The Morgan fingerprint density at radius 2 is 1.82 bits per heavy atom. The summed E-state index contributed by atoms with van der Waals surface area (Å²) in [6.07, 6.45) is 2.01. The number of anilines is 2. The Kier molecular flexibility index (Phi) is 5.58. The SMILES string of the molecule is O=C(CN1C(c2ccccc2)=CC(c2ccc(Cl)cc2)n2nnnc21)Nc1cccc(F)c1. The molecule has 3 aromatic carbocycles. The Bertz CT molecular complexity index is 1320. The topological polar surface area (TPSA) is 75.9 Å². The third-order valence-corrected chi connectivity index (χ3v) is 5.53. The van der Waals surface area contributed by atoms with Crippen molar-refractivity contribution in [3.05, 3.63) is 107 Å². The molecule has 164 valence electrons. The molecule has 7 nitrogen and oxygen atoms in total. The number of amides is 1. The number of fused-ring (bicyclic) bond motifs is 1. The van der Waals surface area contributed by atoms with Gasteiger partial charge in [-0.25, -0.2) is 4.39 Å². The highest BCUT2D eigenvalue weighted by Gasteiger charge is 2.31. The van der Waals surface area contributed by atoms with Gasteiger partial charge in [0.05, 0.1) is 5.70 Å². The number of aromatic nitrogens is 4. The van der Waals surface area contributed by atoms with E-state index in [0.717, 1.165) is 16.8 Å². The van der Waals surface area contributed by atoms with Crippen LogP contribution >= 0.6 is 11.6 Å². The number of tetrazole rings is 1. The second-order valence-electron chi connectivity index (χ2n) is 7.48.